The molecule has 2 aromatic rings. The van der Waals surface area contributed by atoms with Crippen molar-refractivity contribution in [1.29, 1.82) is 0 Å². The topological polar surface area (TPSA) is 12.0 Å². The summed E-state index contributed by atoms with van der Waals surface area (Å²) in [4.78, 5) is 0. The third kappa shape index (κ3) is 3.18. The maximum atomic E-state index is 3.38. The second-order valence-electron chi connectivity index (χ2n) is 4.44. The zero-order valence-corrected chi connectivity index (χ0v) is 10.5. The average Bonchev–Trinajstić information content (AvgIpc) is 2.39. The number of nitrogens with one attached hydrogen (secondary N) is 1. The van der Waals surface area contributed by atoms with Crippen LogP contribution in [0.15, 0.2) is 54.6 Å². The van der Waals surface area contributed by atoms with Gasteiger partial charge in [-0.05, 0) is 31.5 Å². The number of hydrogen-bond donors (Lipinski definition) is 1. The molecule has 0 radical (unpaired) electrons. The minimum Gasteiger partial charge on any atom is -0.313 e. The number of likely N-dealkylation sites (N-methyl/N-ethyl adjacent to an activating group) is 1. The normalized spacial score (nSPS) is 12.4. The molecule has 0 amide bonds. The van der Waals surface area contributed by atoms with E-state index in [2.05, 4.69) is 66.8 Å². The Hall–Kier alpha value is -1.60. The second kappa shape index (κ2) is 5.65. The summed E-state index contributed by atoms with van der Waals surface area (Å²) in [6.45, 7) is 2.12. The Bertz CT molecular complexity index is 445. The molecule has 1 heteroatoms. The Morgan fingerprint density at radius 3 is 2.18 bits per heavy atom. The van der Waals surface area contributed by atoms with Crippen molar-refractivity contribution in [2.24, 2.45) is 0 Å². The third-order valence-corrected chi connectivity index (χ3v) is 3.11. The largest absolute Gasteiger partial charge is 0.313 e. The zero-order chi connectivity index (χ0) is 12.1. The molecule has 0 heterocycles. The molecule has 1 nitrogen and oxygen atoms in total. The molecule has 0 unspecified atom stereocenters. The molecule has 0 aliphatic heterocycles. The van der Waals surface area contributed by atoms with Crippen molar-refractivity contribution in [1.82, 2.24) is 5.32 Å². The first-order valence-electron chi connectivity index (χ1n) is 6.07. The molecule has 0 aliphatic rings. The predicted octanol–water partition coefficient (Wildman–Crippen LogP) is 3.50. The van der Waals surface area contributed by atoms with Gasteiger partial charge in [-0.2, -0.15) is 0 Å². The third-order valence-electron chi connectivity index (χ3n) is 3.11. The summed E-state index contributed by atoms with van der Waals surface area (Å²) < 4.78 is 0. The van der Waals surface area contributed by atoms with Gasteiger partial charge in [0.25, 0.3) is 0 Å². The minimum absolute atomic E-state index is 0.388. The van der Waals surface area contributed by atoms with E-state index < -0.39 is 0 Å². The summed E-state index contributed by atoms with van der Waals surface area (Å²) in [5.41, 5.74) is 4.03. The lowest BCUT2D eigenvalue weighted by atomic mass is 9.98. The molecular formula is C16H19N. The van der Waals surface area contributed by atoms with Gasteiger partial charge in [0, 0.05) is 6.04 Å². The van der Waals surface area contributed by atoms with Crippen LogP contribution in [0.25, 0.3) is 0 Å². The Labute approximate surface area is 103 Å². The molecule has 1 N–H and O–H groups in total. The van der Waals surface area contributed by atoms with E-state index in [4.69, 9.17) is 0 Å². The van der Waals surface area contributed by atoms with Crippen LogP contribution in [0.5, 0.6) is 0 Å². The molecule has 2 rings (SSSR count). The highest BCUT2D eigenvalue weighted by atomic mass is 14.9. The number of rotatable bonds is 4. The van der Waals surface area contributed by atoms with E-state index in [0.717, 1.165) is 6.42 Å². The summed E-state index contributed by atoms with van der Waals surface area (Å²) in [6.07, 6.45) is 1.03. The number of aryl methyl sites for hydroxylation is 1. The fourth-order valence-corrected chi connectivity index (χ4v) is 2.03. The van der Waals surface area contributed by atoms with Crippen LogP contribution in [0.2, 0.25) is 0 Å². The second-order valence-corrected chi connectivity index (χ2v) is 4.44. The van der Waals surface area contributed by atoms with Crippen molar-refractivity contribution in [3.05, 3.63) is 71.3 Å². The van der Waals surface area contributed by atoms with Crippen molar-refractivity contribution in [3.63, 3.8) is 0 Å². The quantitative estimate of drug-likeness (QED) is 0.839. The van der Waals surface area contributed by atoms with Gasteiger partial charge in [0.1, 0.15) is 0 Å². The highest BCUT2D eigenvalue weighted by Gasteiger charge is 2.08. The van der Waals surface area contributed by atoms with Gasteiger partial charge in [-0.1, -0.05) is 60.2 Å². The van der Waals surface area contributed by atoms with Crippen LogP contribution in [0.1, 0.15) is 22.7 Å². The van der Waals surface area contributed by atoms with Gasteiger partial charge in [-0.25, -0.2) is 0 Å². The first kappa shape index (κ1) is 11.9. The summed E-state index contributed by atoms with van der Waals surface area (Å²) in [5.74, 6) is 0. The molecule has 1 atom stereocenters. The minimum atomic E-state index is 0.388. The lowest BCUT2D eigenvalue weighted by molar-refractivity contribution is 0.592. The maximum absolute atomic E-state index is 3.38. The van der Waals surface area contributed by atoms with Crippen LogP contribution in [0.4, 0.5) is 0 Å². The fourth-order valence-electron chi connectivity index (χ4n) is 2.03. The lowest BCUT2D eigenvalue weighted by Crippen LogP contribution is -2.18. The molecule has 88 valence electrons. The summed E-state index contributed by atoms with van der Waals surface area (Å²) in [6, 6.07) is 19.8. The van der Waals surface area contributed by atoms with Crippen molar-refractivity contribution in [2.75, 3.05) is 7.05 Å². The first-order chi connectivity index (χ1) is 8.29. The Morgan fingerprint density at radius 2 is 1.59 bits per heavy atom. The highest BCUT2D eigenvalue weighted by molar-refractivity contribution is 5.25. The Kier molecular flexibility index (Phi) is 3.94. The highest BCUT2D eigenvalue weighted by Crippen LogP contribution is 2.18. The van der Waals surface area contributed by atoms with Crippen LogP contribution in [0.3, 0.4) is 0 Å². The standard InChI is InChI=1S/C16H19N/c1-13-8-10-14(11-9-13)12-16(17-2)15-6-4-3-5-7-15/h3-11,16-17H,12H2,1-2H3/t16-/m1/s1. The fraction of sp³-hybridized carbons (Fsp3) is 0.250. The molecule has 0 bridgehead atoms. The van der Waals surface area contributed by atoms with Crippen LogP contribution in [-0.4, -0.2) is 7.05 Å². The van der Waals surface area contributed by atoms with E-state index in [1.54, 1.807) is 0 Å². The van der Waals surface area contributed by atoms with E-state index in [1.165, 1.54) is 16.7 Å². The van der Waals surface area contributed by atoms with Gasteiger partial charge < -0.3 is 5.32 Å². The Balaban J connectivity index is 2.13. The Morgan fingerprint density at radius 1 is 0.941 bits per heavy atom. The van der Waals surface area contributed by atoms with Gasteiger partial charge in [-0.3, -0.25) is 0 Å². The molecule has 0 aromatic heterocycles. The molecular weight excluding hydrogens is 206 g/mol. The van der Waals surface area contributed by atoms with Gasteiger partial charge >= 0.3 is 0 Å². The maximum Gasteiger partial charge on any atom is 0.0358 e. The predicted molar refractivity (Wildman–Crippen MR) is 73.1 cm³/mol. The summed E-state index contributed by atoms with van der Waals surface area (Å²) in [5, 5.41) is 3.38. The van der Waals surface area contributed by atoms with Crippen molar-refractivity contribution >= 4 is 0 Å². The van der Waals surface area contributed by atoms with E-state index in [0.29, 0.717) is 6.04 Å². The molecule has 0 spiro atoms. The summed E-state index contributed by atoms with van der Waals surface area (Å²) >= 11 is 0. The lowest BCUT2D eigenvalue weighted by Gasteiger charge is -2.16. The monoisotopic (exact) mass is 225 g/mol. The SMILES string of the molecule is CN[C@H](Cc1ccc(C)cc1)c1ccccc1. The average molecular weight is 225 g/mol. The van der Waals surface area contributed by atoms with Crippen LogP contribution in [0, 0.1) is 6.92 Å². The van der Waals surface area contributed by atoms with E-state index >= 15 is 0 Å². The van der Waals surface area contributed by atoms with Crippen LogP contribution < -0.4 is 5.32 Å². The smallest absolute Gasteiger partial charge is 0.0358 e. The van der Waals surface area contributed by atoms with Gasteiger partial charge in [0.15, 0.2) is 0 Å². The number of hydrogen-bond acceptors (Lipinski definition) is 1. The van der Waals surface area contributed by atoms with Gasteiger partial charge in [-0.15, -0.1) is 0 Å². The zero-order valence-electron chi connectivity index (χ0n) is 10.5. The van der Waals surface area contributed by atoms with E-state index in [9.17, 15) is 0 Å². The molecule has 0 saturated heterocycles. The molecule has 0 fully saturated rings. The number of benzene rings is 2. The van der Waals surface area contributed by atoms with Crippen molar-refractivity contribution in [2.45, 2.75) is 19.4 Å². The molecule has 17 heavy (non-hydrogen) atoms. The van der Waals surface area contributed by atoms with Gasteiger partial charge in [0.2, 0.25) is 0 Å². The van der Waals surface area contributed by atoms with Crippen LogP contribution >= 0.6 is 0 Å². The van der Waals surface area contributed by atoms with E-state index in [-0.39, 0.29) is 0 Å². The summed E-state index contributed by atoms with van der Waals surface area (Å²) in [7, 11) is 2.02. The van der Waals surface area contributed by atoms with Gasteiger partial charge in [0.05, 0.1) is 0 Å². The van der Waals surface area contributed by atoms with Crippen molar-refractivity contribution < 1.29 is 0 Å². The molecule has 0 aliphatic carbocycles. The van der Waals surface area contributed by atoms with E-state index in [1.807, 2.05) is 7.05 Å². The van der Waals surface area contributed by atoms with Crippen LogP contribution in [-0.2, 0) is 6.42 Å². The van der Waals surface area contributed by atoms with Crippen molar-refractivity contribution in [3.8, 4) is 0 Å². The molecule has 0 saturated carbocycles. The first-order valence-corrected chi connectivity index (χ1v) is 6.07. The molecule has 2 aromatic carbocycles.